The number of carboxylic acid groups (broad SMARTS) is 2. The lowest BCUT2D eigenvalue weighted by Crippen LogP contribution is -2.46. The molecular formula is C31H29F6N11O4. The van der Waals surface area contributed by atoms with Crippen LogP contribution in [0.3, 0.4) is 0 Å². The van der Waals surface area contributed by atoms with Crippen LogP contribution in [0, 0.1) is 11.3 Å². The predicted molar refractivity (Wildman–Crippen MR) is 169 cm³/mol. The molecule has 274 valence electrons. The summed E-state index contributed by atoms with van der Waals surface area (Å²) in [4.78, 5) is 35.9. The molecule has 0 radical (unpaired) electrons. The Morgan fingerprint density at radius 2 is 1.52 bits per heavy atom. The number of nitriles is 1. The number of halogens is 6. The first-order valence-electron chi connectivity index (χ1n) is 15.1. The summed E-state index contributed by atoms with van der Waals surface area (Å²) in [5.74, 6) is -3.73. The first-order valence-corrected chi connectivity index (χ1v) is 15.1. The van der Waals surface area contributed by atoms with E-state index in [1.807, 2.05) is 41.5 Å². The van der Waals surface area contributed by atoms with E-state index in [0.717, 1.165) is 72.3 Å². The number of pyridine rings is 2. The van der Waals surface area contributed by atoms with Gasteiger partial charge >= 0.3 is 24.3 Å². The van der Waals surface area contributed by atoms with Gasteiger partial charge in [0, 0.05) is 73.7 Å². The Kier molecular flexibility index (Phi) is 12.1. The van der Waals surface area contributed by atoms with Gasteiger partial charge in [-0.25, -0.2) is 33.7 Å². The second-order valence-corrected chi connectivity index (χ2v) is 11.2. The first kappa shape index (κ1) is 38.6. The van der Waals surface area contributed by atoms with Gasteiger partial charge in [0.1, 0.15) is 23.4 Å². The average molecular weight is 734 g/mol. The van der Waals surface area contributed by atoms with Gasteiger partial charge in [-0.3, -0.25) is 4.90 Å². The molecule has 0 aliphatic carbocycles. The molecule has 0 aromatic carbocycles. The third-order valence-electron chi connectivity index (χ3n) is 7.29. The molecule has 15 nitrogen and oxygen atoms in total. The molecule has 1 aliphatic rings. The van der Waals surface area contributed by atoms with Crippen molar-refractivity contribution in [1.82, 2.24) is 44.5 Å². The summed E-state index contributed by atoms with van der Waals surface area (Å²) in [5.41, 5.74) is 4.67. The van der Waals surface area contributed by atoms with E-state index in [1.54, 1.807) is 23.1 Å². The molecule has 0 spiro atoms. The molecule has 5 aromatic rings. The van der Waals surface area contributed by atoms with E-state index in [4.69, 9.17) is 24.8 Å². The Morgan fingerprint density at radius 1 is 0.904 bits per heavy atom. The molecule has 5 aromatic heterocycles. The topological polar surface area (TPSA) is 192 Å². The van der Waals surface area contributed by atoms with Gasteiger partial charge in [-0.05, 0) is 38.1 Å². The maximum atomic E-state index is 10.6. The fourth-order valence-corrected chi connectivity index (χ4v) is 4.70. The van der Waals surface area contributed by atoms with Crippen molar-refractivity contribution in [3.8, 4) is 28.5 Å². The smallest absolute Gasteiger partial charge is 0.475 e. The summed E-state index contributed by atoms with van der Waals surface area (Å²) in [5, 5.41) is 37.0. The highest BCUT2D eigenvalue weighted by Crippen LogP contribution is 2.32. The molecule has 0 atom stereocenters. The van der Waals surface area contributed by atoms with Gasteiger partial charge in [-0.2, -0.15) is 36.7 Å². The van der Waals surface area contributed by atoms with Gasteiger partial charge in [-0.1, -0.05) is 5.21 Å². The standard InChI is InChI=1S/C27H27N11.2C2HF3O2/c1-19(2)37-17-24(33-34-37)21-12-23(27-22(13-28)15-32-38(27)16-21)20-4-5-26(31-14-20)36-10-8-35(9-11-36)18-25-29-6-3-7-30-25;2*3-2(4,5)1(6)7/h3-7,12,14-17,19H,8-11,18H2,1-2H3;2*(H,6,7). The number of aliphatic carboxylic acids is 2. The van der Waals surface area contributed by atoms with Crippen molar-refractivity contribution in [2.24, 2.45) is 0 Å². The molecular weight excluding hydrogens is 704 g/mol. The third-order valence-corrected chi connectivity index (χ3v) is 7.29. The lowest BCUT2D eigenvalue weighted by atomic mass is 10.0. The van der Waals surface area contributed by atoms with E-state index in [2.05, 4.69) is 61.2 Å². The van der Waals surface area contributed by atoms with Crippen molar-refractivity contribution in [3.63, 3.8) is 0 Å². The molecule has 6 rings (SSSR count). The average Bonchev–Trinajstić information content (AvgIpc) is 3.77. The lowest BCUT2D eigenvalue weighted by Gasteiger charge is -2.35. The number of fused-ring (bicyclic) bond motifs is 1. The Bertz CT molecular complexity index is 1990. The fraction of sp³-hybridized carbons (Fsp3) is 0.323. The number of piperazine rings is 1. The highest BCUT2D eigenvalue weighted by atomic mass is 19.4. The van der Waals surface area contributed by atoms with Crippen LogP contribution >= 0.6 is 0 Å². The quantitative estimate of drug-likeness (QED) is 0.232. The Balaban J connectivity index is 0.000000367. The zero-order chi connectivity index (χ0) is 38.2. The van der Waals surface area contributed by atoms with E-state index in [0.29, 0.717) is 5.56 Å². The number of anilines is 1. The first-order chi connectivity index (χ1) is 24.5. The van der Waals surface area contributed by atoms with Crippen LogP contribution < -0.4 is 4.90 Å². The molecule has 1 fully saturated rings. The highest BCUT2D eigenvalue weighted by molar-refractivity contribution is 5.87. The summed E-state index contributed by atoms with van der Waals surface area (Å²) in [6.07, 6.45) is 0.677. The maximum Gasteiger partial charge on any atom is 0.490 e. The van der Waals surface area contributed by atoms with Crippen molar-refractivity contribution in [3.05, 3.63) is 72.8 Å². The van der Waals surface area contributed by atoms with Gasteiger partial charge < -0.3 is 15.1 Å². The summed E-state index contributed by atoms with van der Waals surface area (Å²) in [6.45, 7) is 8.48. The minimum Gasteiger partial charge on any atom is -0.475 e. The van der Waals surface area contributed by atoms with Crippen LogP contribution in [0.4, 0.5) is 32.2 Å². The van der Waals surface area contributed by atoms with E-state index in [-0.39, 0.29) is 6.04 Å². The van der Waals surface area contributed by atoms with Gasteiger partial charge in [0.2, 0.25) is 0 Å². The van der Waals surface area contributed by atoms with Crippen molar-refractivity contribution in [2.45, 2.75) is 38.8 Å². The van der Waals surface area contributed by atoms with E-state index < -0.39 is 24.3 Å². The molecule has 1 saturated heterocycles. The van der Waals surface area contributed by atoms with E-state index >= 15 is 0 Å². The second kappa shape index (κ2) is 16.2. The SMILES string of the molecule is CC(C)n1cc(-c2cc(-c3ccc(N4CCN(Cc5ncccn5)CC4)nc3)c3c(C#N)cnn3c2)nn1.O=C(O)C(F)(F)F.O=C(O)C(F)(F)F. The van der Waals surface area contributed by atoms with E-state index in [1.165, 1.54) is 0 Å². The van der Waals surface area contributed by atoms with Crippen molar-refractivity contribution >= 4 is 23.3 Å². The number of nitrogens with zero attached hydrogens (tertiary/aromatic N) is 11. The minimum absolute atomic E-state index is 0.208. The van der Waals surface area contributed by atoms with Gasteiger partial charge in [0.15, 0.2) is 0 Å². The summed E-state index contributed by atoms with van der Waals surface area (Å²) < 4.78 is 67.0. The zero-order valence-corrected chi connectivity index (χ0v) is 27.3. The number of hydrogen-bond donors (Lipinski definition) is 2. The molecule has 52 heavy (non-hydrogen) atoms. The van der Waals surface area contributed by atoms with Crippen LogP contribution in [0.2, 0.25) is 0 Å². The number of carbonyl (C=O) groups is 2. The van der Waals surface area contributed by atoms with Crippen molar-refractivity contribution in [2.75, 3.05) is 31.1 Å². The number of rotatable bonds is 6. The monoisotopic (exact) mass is 733 g/mol. The molecule has 0 unspecified atom stereocenters. The largest absolute Gasteiger partial charge is 0.490 e. The fourth-order valence-electron chi connectivity index (χ4n) is 4.70. The molecule has 6 heterocycles. The zero-order valence-electron chi connectivity index (χ0n) is 27.3. The Labute approximate surface area is 290 Å². The molecule has 0 amide bonds. The third kappa shape index (κ3) is 9.96. The molecule has 0 bridgehead atoms. The van der Waals surface area contributed by atoms with Crippen LogP contribution in [0.15, 0.2) is 61.4 Å². The van der Waals surface area contributed by atoms with E-state index in [9.17, 15) is 31.6 Å². The number of aromatic nitrogens is 8. The van der Waals surface area contributed by atoms with Crippen LogP contribution in [-0.4, -0.2) is 105 Å². The number of alkyl halides is 6. The van der Waals surface area contributed by atoms with Crippen molar-refractivity contribution in [1.29, 1.82) is 5.26 Å². The van der Waals surface area contributed by atoms with Gasteiger partial charge in [0.25, 0.3) is 0 Å². The van der Waals surface area contributed by atoms with Crippen LogP contribution in [0.5, 0.6) is 0 Å². The van der Waals surface area contributed by atoms with Crippen molar-refractivity contribution < 1.29 is 46.1 Å². The van der Waals surface area contributed by atoms with Gasteiger partial charge in [0.05, 0.1) is 30.0 Å². The number of hydrogen-bond acceptors (Lipinski definition) is 11. The van der Waals surface area contributed by atoms with Crippen LogP contribution in [0.25, 0.3) is 27.9 Å². The number of carboxylic acids is 2. The highest BCUT2D eigenvalue weighted by Gasteiger charge is 2.39. The minimum atomic E-state index is -5.08. The van der Waals surface area contributed by atoms with Crippen LogP contribution in [-0.2, 0) is 16.1 Å². The maximum absolute atomic E-state index is 10.6. The Morgan fingerprint density at radius 3 is 2.02 bits per heavy atom. The Hall–Kier alpha value is -6.17. The predicted octanol–water partition coefficient (Wildman–Crippen LogP) is 4.49. The molecule has 1 aliphatic heterocycles. The van der Waals surface area contributed by atoms with Crippen LogP contribution in [0.1, 0.15) is 31.3 Å². The summed E-state index contributed by atoms with van der Waals surface area (Å²) >= 11 is 0. The normalized spacial score (nSPS) is 13.5. The molecule has 2 N–H and O–H groups in total. The molecule has 0 saturated carbocycles. The summed E-state index contributed by atoms with van der Waals surface area (Å²) in [6, 6.07) is 10.5. The summed E-state index contributed by atoms with van der Waals surface area (Å²) in [7, 11) is 0. The lowest BCUT2D eigenvalue weighted by molar-refractivity contribution is -0.193. The van der Waals surface area contributed by atoms with Gasteiger partial charge in [-0.15, -0.1) is 5.10 Å². The molecule has 21 heteroatoms. The second-order valence-electron chi connectivity index (χ2n) is 11.2.